The Bertz CT molecular complexity index is 807. The van der Waals surface area contributed by atoms with Gasteiger partial charge < -0.3 is 15.2 Å². The lowest BCUT2D eigenvalue weighted by atomic mass is 10.1. The Balaban J connectivity index is 1.99. The number of anilines is 1. The highest BCUT2D eigenvalue weighted by atomic mass is 79.9. The minimum absolute atomic E-state index is 0.127. The molecular weight excluding hydrogens is 386 g/mol. The Morgan fingerprint density at radius 2 is 2.00 bits per heavy atom. The van der Waals surface area contributed by atoms with Gasteiger partial charge in [0.05, 0.1) is 4.47 Å². The number of hydrogen-bond donors (Lipinski definition) is 2. The number of hydrogen-bond acceptors (Lipinski definition) is 3. The Morgan fingerprint density at radius 1 is 1.24 bits per heavy atom. The highest BCUT2D eigenvalue weighted by Gasteiger charge is 2.09. The summed E-state index contributed by atoms with van der Waals surface area (Å²) in [7, 11) is 0. The van der Waals surface area contributed by atoms with Crippen molar-refractivity contribution in [3.05, 3.63) is 63.6 Å². The fraction of sp³-hybridized carbons (Fsp3) is 0.158. The highest BCUT2D eigenvalue weighted by Crippen LogP contribution is 2.30. The van der Waals surface area contributed by atoms with Crippen molar-refractivity contribution >= 4 is 39.6 Å². The standard InChI is InChI=1S/C19H18BrNO4/c1-12-8-13(2)19(16(20)9-12)25-11-17(22)21-15-5-3-4-14(10-15)6-7-18(23)24/h3-10H,11H2,1-2H3,(H,21,22)(H,23,24)/b7-6+. The number of carboxylic acids is 1. The molecule has 0 heterocycles. The summed E-state index contributed by atoms with van der Waals surface area (Å²) < 4.78 is 6.42. The highest BCUT2D eigenvalue weighted by molar-refractivity contribution is 9.10. The Labute approximate surface area is 154 Å². The number of benzene rings is 2. The maximum absolute atomic E-state index is 12.1. The van der Waals surface area contributed by atoms with Gasteiger partial charge in [0.2, 0.25) is 0 Å². The molecule has 0 radical (unpaired) electrons. The zero-order chi connectivity index (χ0) is 18.4. The Hall–Kier alpha value is -2.60. The number of ether oxygens (including phenoxy) is 1. The quantitative estimate of drug-likeness (QED) is 0.709. The molecule has 0 saturated carbocycles. The van der Waals surface area contributed by atoms with Crippen LogP contribution in [0.4, 0.5) is 5.69 Å². The van der Waals surface area contributed by atoms with E-state index in [-0.39, 0.29) is 12.5 Å². The number of carbonyl (C=O) groups is 2. The van der Waals surface area contributed by atoms with Gasteiger partial charge in [-0.1, -0.05) is 18.2 Å². The van der Waals surface area contributed by atoms with E-state index in [4.69, 9.17) is 9.84 Å². The fourth-order valence-electron chi connectivity index (χ4n) is 2.31. The number of carboxylic acid groups (broad SMARTS) is 1. The van der Waals surface area contributed by atoms with E-state index in [1.807, 2.05) is 26.0 Å². The van der Waals surface area contributed by atoms with Gasteiger partial charge in [-0.15, -0.1) is 0 Å². The van der Waals surface area contributed by atoms with Gasteiger partial charge in [-0.2, -0.15) is 0 Å². The molecule has 0 fully saturated rings. The molecule has 25 heavy (non-hydrogen) atoms. The van der Waals surface area contributed by atoms with Crippen molar-refractivity contribution in [2.24, 2.45) is 0 Å². The monoisotopic (exact) mass is 403 g/mol. The normalized spacial score (nSPS) is 10.7. The second-order valence-corrected chi connectivity index (χ2v) is 6.38. The van der Waals surface area contributed by atoms with Gasteiger partial charge in [-0.25, -0.2) is 4.79 Å². The van der Waals surface area contributed by atoms with E-state index < -0.39 is 5.97 Å². The molecule has 0 spiro atoms. The van der Waals surface area contributed by atoms with Crippen LogP contribution in [-0.4, -0.2) is 23.6 Å². The van der Waals surface area contributed by atoms with E-state index >= 15 is 0 Å². The van der Waals surface area contributed by atoms with Crippen molar-refractivity contribution < 1.29 is 19.4 Å². The van der Waals surface area contributed by atoms with Crippen molar-refractivity contribution in [2.75, 3.05) is 11.9 Å². The zero-order valence-electron chi connectivity index (χ0n) is 13.9. The number of aliphatic carboxylic acids is 1. The smallest absolute Gasteiger partial charge is 0.328 e. The summed E-state index contributed by atoms with van der Waals surface area (Å²) in [6.45, 7) is 3.78. The molecule has 2 aromatic rings. The summed E-state index contributed by atoms with van der Waals surface area (Å²) in [5, 5.41) is 11.4. The molecule has 6 heteroatoms. The Morgan fingerprint density at radius 3 is 2.68 bits per heavy atom. The van der Waals surface area contributed by atoms with E-state index in [1.54, 1.807) is 24.3 Å². The molecule has 0 unspecified atom stereocenters. The Kier molecular flexibility index (Phi) is 6.36. The van der Waals surface area contributed by atoms with E-state index in [2.05, 4.69) is 21.2 Å². The van der Waals surface area contributed by atoms with Gasteiger partial charge in [0.1, 0.15) is 5.75 Å². The van der Waals surface area contributed by atoms with Gasteiger partial charge in [-0.05, 0) is 70.7 Å². The maximum atomic E-state index is 12.1. The number of rotatable bonds is 6. The summed E-state index contributed by atoms with van der Waals surface area (Å²) >= 11 is 3.44. The van der Waals surface area contributed by atoms with Crippen LogP contribution in [0.15, 0.2) is 46.9 Å². The fourth-order valence-corrected chi connectivity index (χ4v) is 3.10. The number of nitrogens with one attached hydrogen (secondary N) is 1. The molecule has 0 aliphatic rings. The first-order valence-electron chi connectivity index (χ1n) is 7.55. The number of halogens is 1. The van der Waals surface area contributed by atoms with Gasteiger partial charge in [0, 0.05) is 11.8 Å². The van der Waals surface area contributed by atoms with Crippen LogP contribution in [0.1, 0.15) is 16.7 Å². The summed E-state index contributed by atoms with van der Waals surface area (Å²) in [5.74, 6) is -0.688. The van der Waals surface area contributed by atoms with E-state index in [1.165, 1.54) is 6.08 Å². The van der Waals surface area contributed by atoms with Crippen molar-refractivity contribution in [1.82, 2.24) is 0 Å². The van der Waals surface area contributed by atoms with Gasteiger partial charge in [0.25, 0.3) is 5.91 Å². The minimum atomic E-state index is -1.03. The van der Waals surface area contributed by atoms with Crippen molar-refractivity contribution in [2.45, 2.75) is 13.8 Å². The van der Waals surface area contributed by atoms with Gasteiger partial charge >= 0.3 is 5.97 Å². The second-order valence-electron chi connectivity index (χ2n) is 5.53. The maximum Gasteiger partial charge on any atom is 0.328 e. The summed E-state index contributed by atoms with van der Waals surface area (Å²) in [4.78, 5) is 22.6. The van der Waals surface area contributed by atoms with Crippen molar-refractivity contribution in [1.29, 1.82) is 0 Å². The van der Waals surface area contributed by atoms with Crippen molar-refractivity contribution in [3.63, 3.8) is 0 Å². The SMILES string of the molecule is Cc1cc(C)c(OCC(=O)Nc2cccc(/C=C/C(=O)O)c2)c(Br)c1. The lowest BCUT2D eigenvalue weighted by molar-refractivity contribution is -0.131. The first-order chi connectivity index (χ1) is 11.8. The molecule has 0 aliphatic heterocycles. The molecule has 5 nitrogen and oxygen atoms in total. The molecule has 0 bridgehead atoms. The van der Waals surface area contributed by atoms with Crippen LogP contribution in [0.5, 0.6) is 5.75 Å². The molecule has 130 valence electrons. The van der Waals surface area contributed by atoms with Gasteiger partial charge in [-0.3, -0.25) is 4.79 Å². The minimum Gasteiger partial charge on any atom is -0.482 e. The topological polar surface area (TPSA) is 75.6 Å². The third-order valence-electron chi connectivity index (χ3n) is 3.31. The zero-order valence-corrected chi connectivity index (χ0v) is 15.5. The predicted molar refractivity (Wildman–Crippen MR) is 101 cm³/mol. The summed E-state index contributed by atoms with van der Waals surface area (Å²) in [5.41, 5.74) is 3.30. The molecule has 2 rings (SSSR count). The van der Waals surface area contributed by atoms with E-state index in [9.17, 15) is 9.59 Å². The van der Waals surface area contributed by atoms with E-state index in [0.29, 0.717) is 17.0 Å². The average molecular weight is 404 g/mol. The molecule has 0 aliphatic carbocycles. The molecule has 0 aromatic heterocycles. The van der Waals surface area contributed by atoms with Crippen LogP contribution < -0.4 is 10.1 Å². The lowest BCUT2D eigenvalue weighted by Gasteiger charge is -2.12. The second kappa shape index (κ2) is 8.48. The van der Waals surface area contributed by atoms with Crippen LogP contribution in [0.2, 0.25) is 0 Å². The van der Waals surface area contributed by atoms with Gasteiger partial charge in [0.15, 0.2) is 6.61 Å². The van der Waals surface area contributed by atoms with Crippen LogP contribution >= 0.6 is 15.9 Å². The molecular formula is C19H18BrNO4. The van der Waals surface area contributed by atoms with Crippen LogP contribution in [0.25, 0.3) is 6.08 Å². The summed E-state index contributed by atoms with van der Waals surface area (Å²) in [6.07, 6.45) is 2.50. The van der Waals surface area contributed by atoms with Crippen LogP contribution in [0.3, 0.4) is 0 Å². The third kappa shape index (κ3) is 5.76. The van der Waals surface area contributed by atoms with Crippen LogP contribution in [-0.2, 0) is 9.59 Å². The molecule has 0 atom stereocenters. The average Bonchev–Trinajstić information content (AvgIpc) is 2.52. The lowest BCUT2D eigenvalue weighted by Crippen LogP contribution is -2.20. The molecule has 1 amide bonds. The van der Waals surface area contributed by atoms with Crippen molar-refractivity contribution in [3.8, 4) is 5.75 Å². The molecule has 0 saturated heterocycles. The van der Waals surface area contributed by atoms with Crippen LogP contribution in [0, 0.1) is 13.8 Å². The summed E-state index contributed by atoms with van der Waals surface area (Å²) in [6, 6.07) is 10.8. The largest absolute Gasteiger partial charge is 0.482 e. The number of amides is 1. The number of aryl methyl sites for hydroxylation is 2. The number of carbonyl (C=O) groups excluding carboxylic acids is 1. The predicted octanol–water partition coefficient (Wildman–Crippen LogP) is 4.18. The molecule has 2 aromatic carbocycles. The first-order valence-corrected chi connectivity index (χ1v) is 8.35. The third-order valence-corrected chi connectivity index (χ3v) is 3.90. The van der Waals surface area contributed by atoms with E-state index in [0.717, 1.165) is 21.7 Å². The molecule has 2 N–H and O–H groups in total. The first kappa shape index (κ1) is 18.7.